The summed E-state index contributed by atoms with van der Waals surface area (Å²) in [4.78, 5) is 19.1. The second-order valence-corrected chi connectivity index (χ2v) is 8.30. The third kappa shape index (κ3) is 3.90. The van der Waals surface area contributed by atoms with Crippen molar-refractivity contribution in [3.8, 4) is 0 Å². The first kappa shape index (κ1) is 16.1. The maximum absolute atomic E-state index is 13.5. The molecule has 0 aliphatic carbocycles. The van der Waals surface area contributed by atoms with Crippen LogP contribution in [0.1, 0.15) is 53.4 Å². The highest BCUT2D eigenvalue weighted by Gasteiger charge is 2.26. The van der Waals surface area contributed by atoms with Gasteiger partial charge in [0.2, 0.25) is 0 Å². The van der Waals surface area contributed by atoms with Crippen LogP contribution >= 0.6 is 0 Å². The van der Waals surface area contributed by atoms with Gasteiger partial charge >= 0.3 is 0 Å². The molecule has 0 amide bonds. The van der Waals surface area contributed by atoms with E-state index < -0.39 is 30.4 Å². The minimum atomic E-state index is -2.64. The van der Waals surface area contributed by atoms with Crippen LogP contribution in [0.2, 0.25) is 0 Å². The fourth-order valence-electron chi connectivity index (χ4n) is 4.46. The zero-order chi connectivity index (χ0) is 25.1. The van der Waals surface area contributed by atoms with Crippen molar-refractivity contribution in [2.75, 3.05) is 19.6 Å². The molecule has 164 valence electrons. The second kappa shape index (κ2) is 8.16. The van der Waals surface area contributed by atoms with Gasteiger partial charge in [0.25, 0.3) is 5.56 Å². The monoisotopic (exact) mass is 430 g/mol. The van der Waals surface area contributed by atoms with Crippen LogP contribution in [0.15, 0.2) is 27.5 Å². The predicted octanol–water partition coefficient (Wildman–Crippen LogP) is 2.56. The number of piperidine rings is 1. The number of likely N-dealkylation sites (tertiary alicyclic amines) is 1. The molecule has 0 bridgehead atoms. The van der Waals surface area contributed by atoms with Crippen molar-refractivity contribution < 1.29 is 19.5 Å². The zero-order valence-electron chi connectivity index (χ0n) is 21.3. The molecule has 31 heavy (non-hydrogen) atoms. The highest BCUT2D eigenvalue weighted by molar-refractivity contribution is 5.79. The molecule has 3 aromatic rings. The fraction of sp³-hybridized carbons (Fsp3) is 0.522. The average molecular weight is 431 g/mol. The van der Waals surface area contributed by atoms with Crippen LogP contribution in [0.4, 0.5) is 4.39 Å². The van der Waals surface area contributed by atoms with Crippen molar-refractivity contribution in [1.29, 1.82) is 0 Å². The maximum atomic E-state index is 13.5. The third-order valence-electron chi connectivity index (χ3n) is 6.21. The standard InChI is InChI=1S/C23H27FN4O3/c1-14-18(23(30)28-13-17(29)3-5-21(28)25-14)8-11-27-9-6-15(7-10-27)22-19-4-2-16(24)12-20(19)31-26-22/h2,4,12,15,17,29H,3,5-11,13H2,1H3/i8D2,11D2. The summed E-state index contributed by atoms with van der Waals surface area (Å²) < 4.78 is 55.0. The van der Waals surface area contributed by atoms with Crippen molar-refractivity contribution >= 4 is 11.0 Å². The third-order valence-corrected chi connectivity index (χ3v) is 6.21. The Hall–Kier alpha value is -2.58. The van der Waals surface area contributed by atoms with Crippen LogP contribution in [0.25, 0.3) is 11.0 Å². The molecule has 2 aliphatic heterocycles. The highest BCUT2D eigenvalue weighted by atomic mass is 19.1. The topological polar surface area (TPSA) is 84.4 Å². The molecule has 0 radical (unpaired) electrons. The van der Waals surface area contributed by atoms with Crippen molar-refractivity contribution in [2.45, 2.75) is 57.5 Å². The van der Waals surface area contributed by atoms with E-state index in [2.05, 4.69) is 10.1 Å². The zero-order valence-corrected chi connectivity index (χ0v) is 17.3. The molecule has 1 atom stereocenters. The smallest absolute Gasteiger partial charge is 0.257 e. The van der Waals surface area contributed by atoms with E-state index in [1.54, 1.807) is 6.07 Å². The number of hydrogen-bond acceptors (Lipinski definition) is 6. The summed E-state index contributed by atoms with van der Waals surface area (Å²) in [7, 11) is 0. The van der Waals surface area contributed by atoms with E-state index >= 15 is 0 Å². The van der Waals surface area contributed by atoms with Crippen LogP contribution < -0.4 is 5.56 Å². The van der Waals surface area contributed by atoms with Crippen LogP contribution in [-0.4, -0.2) is 50.4 Å². The molecule has 2 aromatic heterocycles. The van der Waals surface area contributed by atoms with E-state index in [1.165, 1.54) is 28.5 Å². The van der Waals surface area contributed by atoms with E-state index in [1.807, 2.05) is 0 Å². The van der Waals surface area contributed by atoms with Gasteiger partial charge in [0.05, 0.1) is 18.3 Å². The normalized spacial score (nSPS) is 23.1. The van der Waals surface area contributed by atoms with Crippen LogP contribution in [0.5, 0.6) is 0 Å². The minimum absolute atomic E-state index is 0.0223. The molecule has 5 rings (SSSR count). The molecule has 1 unspecified atom stereocenters. The van der Waals surface area contributed by atoms with Gasteiger partial charge in [0, 0.05) is 47.0 Å². The van der Waals surface area contributed by atoms with E-state index in [0.29, 0.717) is 48.2 Å². The van der Waals surface area contributed by atoms with E-state index in [9.17, 15) is 14.3 Å². The van der Waals surface area contributed by atoms with Crippen LogP contribution in [0, 0.1) is 12.7 Å². The lowest BCUT2D eigenvalue weighted by atomic mass is 9.91. The van der Waals surface area contributed by atoms with Gasteiger partial charge in [-0.2, -0.15) is 0 Å². The minimum Gasteiger partial charge on any atom is -0.391 e. The molecular formula is C23H27FN4O3. The molecule has 0 spiro atoms. The highest BCUT2D eigenvalue weighted by Crippen LogP contribution is 2.32. The molecule has 1 aromatic carbocycles. The first-order chi connectivity index (χ1) is 16.5. The van der Waals surface area contributed by atoms with Gasteiger partial charge in [-0.1, -0.05) is 5.16 Å². The van der Waals surface area contributed by atoms with Gasteiger partial charge in [-0.3, -0.25) is 9.36 Å². The number of fused-ring (bicyclic) bond motifs is 2. The molecule has 8 heteroatoms. The fourth-order valence-corrected chi connectivity index (χ4v) is 4.46. The van der Waals surface area contributed by atoms with E-state index in [-0.39, 0.29) is 36.8 Å². The molecule has 0 saturated carbocycles. The SMILES string of the molecule is [2H]C([2H])(c1c(C)nc2n(c1=O)CC(O)CC2)C([2H])([2H])N1CCC(c2noc3cc(F)ccc23)CC1. The lowest BCUT2D eigenvalue weighted by molar-refractivity contribution is 0.127. The number of halogens is 1. The Morgan fingerprint density at radius 3 is 2.94 bits per heavy atom. The summed E-state index contributed by atoms with van der Waals surface area (Å²) in [5.41, 5.74) is 0.260. The predicted molar refractivity (Wildman–Crippen MR) is 114 cm³/mol. The average Bonchev–Trinajstić information content (AvgIpc) is 3.22. The van der Waals surface area contributed by atoms with Crippen LogP contribution in [0.3, 0.4) is 0 Å². The van der Waals surface area contributed by atoms with E-state index in [0.717, 1.165) is 0 Å². The Morgan fingerprint density at radius 2 is 2.13 bits per heavy atom. The number of rotatable bonds is 4. The molecule has 7 nitrogen and oxygen atoms in total. The Kier molecular flexibility index (Phi) is 4.24. The van der Waals surface area contributed by atoms with Gasteiger partial charge in [-0.25, -0.2) is 9.37 Å². The number of benzene rings is 1. The quantitative estimate of drug-likeness (QED) is 0.685. The molecule has 2 aliphatic rings. The van der Waals surface area contributed by atoms with Crippen LogP contribution in [-0.2, 0) is 19.3 Å². The molecule has 1 fully saturated rings. The number of nitrogens with zero attached hydrogens (tertiary/aromatic N) is 4. The Labute approximate surface area is 185 Å². The maximum Gasteiger partial charge on any atom is 0.257 e. The van der Waals surface area contributed by atoms with Crippen molar-refractivity contribution in [1.82, 2.24) is 19.6 Å². The summed E-state index contributed by atoms with van der Waals surface area (Å²) in [6.45, 7) is -0.454. The van der Waals surface area contributed by atoms with Gasteiger partial charge in [0.1, 0.15) is 11.6 Å². The molecule has 4 heterocycles. The first-order valence-corrected chi connectivity index (χ1v) is 10.6. The van der Waals surface area contributed by atoms with Gasteiger partial charge < -0.3 is 14.5 Å². The second-order valence-electron chi connectivity index (χ2n) is 8.30. The van der Waals surface area contributed by atoms with Crippen molar-refractivity contribution in [3.63, 3.8) is 0 Å². The summed E-state index contributed by atoms with van der Waals surface area (Å²) in [6, 6.07) is 4.25. The Morgan fingerprint density at radius 1 is 1.32 bits per heavy atom. The number of aliphatic hydroxyl groups is 1. The number of hydrogen-bond donors (Lipinski definition) is 1. The van der Waals surface area contributed by atoms with Gasteiger partial charge in [-0.05, 0) is 57.8 Å². The van der Waals surface area contributed by atoms with Crippen molar-refractivity contribution in [2.24, 2.45) is 0 Å². The van der Waals surface area contributed by atoms with Gasteiger partial charge in [-0.15, -0.1) is 0 Å². The number of aromatic nitrogens is 3. The Balaban J connectivity index is 1.40. The number of aryl methyl sites for hydroxylation is 2. The van der Waals surface area contributed by atoms with E-state index in [4.69, 9.17) is 10.0 Å². The largest absolute Gasteiger partial charge is 0.391 e. The summed E-state index contributed by atoms with van der Waals surface area (Å²) in [6.07, 6.45) is -1.48. The summed E-state index contributed by atoms with van der Waals surface area (Å²) in [5.74, 6) is 0.0279. The van der Waals surface area contributed by atoms with Gasteiger partial charge in [0.15, 0.2) is 5.58 Å². The molecule has 1 N–H and O–H groups in total. The molecule has 1 saturated heterocycles. The Bertz CT molecular complexity index is 1330. The van der Waals surface area contributed by atoms with Crippen molar-refractivity contribution in [3.05, 3.63) is 57.1 Å². The summed E-state index contributed by atoms with van der Waals surface area (Å²) >= 11 is 0. The lowest BCUT2D eigenvalue weighted by Crippen LogP contribution is -2.39. The lowest BCUT2D eigenvalue weighted by Gasteiger charge is -2.31. The number of aliphatic hydroxyl groups excluding tert-OH is 1. The first-order valence-electron chi connectivity index (χ1n) is 12.6. The summed E-state index contributed by atoms with van der Waals surface area (Å²) in [5, 5.41) is 14.8. The molecular weight excluding hydrogens is 399 g/mol.